The Morgan fingerprint density at radius 2 is 2.17 bits per heavy atom. The summed E-state index contributed by atoms with van der Waals surface area (Å²) in [6.07, 6.45) is 0.521. The number of aliphatic carboxylic acids is 1. The number of carboxylic acids is 1. The minimum atomic E-state index is -1.07. The van der Waals surface area contributed by atoms with Crippen LogP contribution in [-0.2, 0) is 11.3 Å². The van der Waals surface area contributed by atoms with E-state index in [0.717, 1.165) is 13.1 Å². The van der Waals surface area contributed by atoms with Crippen LogP contribution in [0.5, 0.6) is 0 Å². The van der Waals surface area contributed by atoms with E-state index in [1.807, 2.05) is 0 Å². The molecule has 0 radical (unpaired) electrons. The van der Waals surface area contributed by atoms with Crippen molar-refractivity contribution in [1.29, 1.82) is 0 Å². The zero-order valence-corrected chi connectivity index (χ0v) is 10.9. The van der Waals surface area contributed by atoms with E-state index in [1.165, 1.54) is 16.7 Å². The Labute approximate surface area is 107 Å². The Kier molecular flexibility index (Phi) is 3.41. The topological polar surface area (TPSA) is 66.6 Å². The van der Waals surface area contributed by atoms with Gasteiger partial charge in [-0.15, -0.1) is 0 Å². The van der Waals surface area contributed by atoms with Gasteiger partial charge in [-0.2, -0.15) is 0 Å². The van der Waals surface area contributed by atoms with Gasteiger partial charge in [-0.1, -0.05) is 18.2 Å². The molecule has 1 fully saturated rings. The smallest absolute Gasteiger partial charge is 0.325 e. The summed E-state index contributed by atoms with van der Waals surface area (Å²) in [5, 5.41) is 9.09. The molecule has 1 aromatic carbocycles. The van der Waals surface area contributed by atoms with Gasteiger partial charge in [-0.25, -0.2) is 0 Å². The second kappa shape index (κ2) is 4.71. The number of carbonyl (C=O) groups is 1. The molecule has 0 aromatic heterocycles. The Hall–Kier alpha value is -1.39. The number of nitrogens with two attached hydrogens (primary N) is 1. The van der Waals surface area contributed by atoms with Gasteiger partial charge in [0.25, 0.3) is 0 Å². The van der Waals surface area contributed by atoms with Crippen molar-refractivity contribution >= 4 is 5.97 Å². The third-order valence-corrected chi connectivity index (χ3v) is 3.78. The molecule has 4 heteroatoms. The summed E-state index contributed by atoms with van der Waals surface area (Å²) in [6, 6.07) is 6.36. The van der Waals surface area contributed by atoms with Crippen LogP contribution >= 0.6 is 0 Å². The van der Waals surface area contributed by atoms with Crippen LogP contribution in [0.4, 0.5) is 0 Å². The number of rotatable bonds is 3. The predicted octanol–water partition coefficient (Wildman–Crippen LogP) is 1.29. The lowest BCUT2D eigenvalue weighted by molar-refractivity contribution is -0.142. The molecule has 0 spiro atoms. The van der Waals surface area contributed by atoms with E-state index in [1.54, 1.807) is 0 Å². The van der Waals surface area contributed by atoms with Gasteiger partial charge in [0, 0.05) is 19.6 Å². The summed E-state index contributed by atoms with van der Waals surface area (Å²) < 4.78 is 0. The molecule has 98 valence electrons. The number of nitrogens with zero attached hydrogens (tertiary/aromatic N) is 1. The van der Waals surface area contributed by atoms with Crippen molar-refractivity contribution in [3.63, 3.8) is 0 Å². The van der Waals surface area contributed by atoms with Gasteiger partial charge in [0.15, 0.2) is 0 Å². The summed E-state index contributed by atoms with van der Waals surface area (Å²) in [7, 11) is 0. The third kappa shape index (κ3) is 2.54. The quantitative estimate of drug-likeness (QED) is 0.846. The number of aryl methyl sites for hydroxylation is 2. The lowest BCUT2D eigenvalue weighted by atomic mass is 10.0. The van der Waals surface area contributed by atoms with E-state index in [0.29, 0.717) is 13.0 Å². The molecule has 2 rings (SSSR count). The first-order valence-electron chi connectivity index (χ1n) is 6.21. The molecule has 0 aliphatic carbocycles. The van der Waals surface area contributed by atoms with Crippen molar-refractivity contribution < 1.29 is 9.90 Å². The summed E-state index contributed by atoms with van der Waals surface area (Å²) in [5.74, 6) is -0.898. The number of benzene rings is 1. The standard InChI is InChI=1S/C14H20N2O2/c1-10-3-4-12(7-11(10)2)8-16-6-5-14(15,9-16)13(17)18/h3-4,7H,5-6,8-9,15H2,1-2H3,(H,17,18). The first-order valence-corrected chi connectivity index (χ1v) is 6.21. The average Bonchev–Trinajstić information content (AvgIpc) is 2.67. The lowest BCUT2D eigenvalue weighted by Crippen LogP contribution is -2.50. The lowest BCUT2D eigenvalue weighted by Gasteiger charge is -2.20. The summed E-state index contributed by atoms with van der Waals surface area (Å²) >= 11 is 0. The number of hydrogen-bond donors (Lipinski definition) is 2. The highest BCUT2D eigenvalue weighted by Crippen LogP contribution is 2.21. The van der Waals surface area contributed by atoms with E-state index >= 15 is 0 Å². The van der Waals surface area contributed by atoms with Crippen LogP contribution < -0.4 is 5.73 Å². The van der Waals surface area contributed by atoms with Crippen molar-refractivity contribution in [2.75, 3.05) is 13.1 Å². The Bertz CT molecular complexity index is 473. The molecule has 1 aliphatic rings. The van der Waals surface area contributed by atoms with E-state index in [4.69, 9.17) is 10.8 Å². The molecule has 3 N–H and O–H groups in total. The Morgan fingerprint density at radius 3 is 2.72 bits per heavy atom. The molecule has 1 heterocycles. The second-order valence-electron chi connectivity index (χ2n) is 5.34. The zero-order valence-electron chi connectivity index (χ0n) is 10.9. The largest absolute Gasteiger partial charge is 0.480 e. The van der Waals surface area contributed by atoms with Crippen molar-refractivity contribution in [3.05, 3.63) is 34.9 Å². The first-order chi connectivity index (χ1) is 8.40. The highest BCUT2D eigenvalue weighted by atomic mass is 16.4. The minimum Gasteiger partial charge on any atom is -0.480 e. The van der Waals surface area contributed by atoms with Gasteiger partial charge in [0.05, 0.1) is 0 Å². The maximum absolute atomic E-state index is 11.1. The van der Waals surface area contributed by atoms with Gasteiger partial charge in [0.1, 0.15) is 5.54 Å². The van der Waals surface area contributed by atoms with E-state index < -0.39 is 11.5 Å². The van der Waals surface area contributed by atoms with Crippen molar-refractivity contribution in [2.24, 2.45) is 5.73 Å². The fraction of sp³-hybridized carbons (Fsp3) is 0.500. The molecule has 0 saturated carbocycles. The van der Waals surface area contributed by atoms with Crippen LogP contribution in [0.25, 0.3) is 0 Å². The normalized spacial score (nSPS) is 24.4. The average molecular weight is 248 g/mol. The minimum absolute atomic E-state index is 0.426. The molecular formula is C14H20N2O2. The second-order valence-corrected chi connectivity index (χ2v) is 5.34. The molecule has 1 atom stereocenters. The Morgan fingerprint density at radius 1 is 1.44 bits per heavy atom. The summed E-state index contributed by atoms with van der Waals surface area (Å²) in [6.45, 7) is 6.12. The molecule has 1 aliphatic heterocycles. The molecule has 1 aromatic rings. The maximum Gasteiger partial charge on any atom is 0.325 e. The van der Waals surface area contributed by atoms with Gasteiger partial charge in [-0.3, -0.25) is 9.69 Å². The molecule has 0 bridgehead atoms. The fourth-order valence-corrected chi connectivity index (χ4v) is 2.38. The van der Waals surface area contributed by atoms with Gasteiger partial charge in [0.2, 0.25) is 0 Å². The number of carboxylic acid groups (broad SMARTS) is 1. The first kappa shape index (κ1) is 13.1. The number of hydrogen-bond acceptors (Lipinski definition) is 3. The van der Waals surface area contributed by atoms with Crippen molar-refractivity contribution in [1.82, 2.24) is 4.90 Å². The van der Waals surface area contributed by atoms with Crippen molar-refractivity contribution in [2.45, 2.75) is 32.4 Å². The molecule has 4 nitrogen and oxygen atoms in total. The van der Waals surface area contributed by atoms with E-state index in [-0.39, 0.29) is 0 Å². The Balaban J connectivity index is 2.03. The molecule has 1 saturated heterocycles. The summed E-state index contributed by atoms with van der Waals surface area (Å²) in [5.41, 5.74) is 8.55. The molecular weight excluding hydrogens is 228 g/mol. The monoisotopic (exact) mass is 248 g/mol. The van der Waals surface area contributed by atoms with Gasteiger partial charge >= 0.3 is 5.97 Å². The van der Waals surface area contributed by atoms with Crippen LogP contribution in [0, 0.1) is 13.8 Å². The van der Waals surface area contributed by atoms with E-state index in [2.05, 4.69) is 36.9 Å². The van der Waals surface area contributed by atoms with Crippen LogP contribution in [0.2, 0.25) is 0 Å². The van der Waals surface area contributed by atoms with Gasteiger partial charge < -0.3 is 10.8 Å². The van der Waals surface area contributed by atoms with Gasteiger partial charge in [-0.05, 0) is 37.0 Å². The molecule has 1 unspecified atom stereocenters. The van der Waals surface area contributed by atoms with Crippen molar-refractivity contribution in [3.8, 4) is 0 Å². The molecule has 18 heavy (non-hydrogen) atoms. The highest BCUT2D eigenvalue weighted by Gasteiger charge is 2.40. The fourth-order valence-electron chi connectivity index (χ4n) is 2.38. The third-order valence-electron chi connectivity index (χ3n) is 3.78. The SMILES string of the molecule is Cc1ccc(CN2CCC(N)(C(=O)O)C2)cc1C. The highest BCUT2D eigenvalue weighted by molar-refractivity contribution is 5.79. The number of likely N-dealkylation sites (tertiary alicyclic amines) is 1. The van der Waals surface area contributed by atoms with Crippen LogP contribution in [-0.4, -0.2) is 34.6 Å². The van der Waals surface area contributed by atoms with Crippen LogP contribution in [0.1, 0.15) is 23.1 Å². The summed E-state index contributed by atoms with van der Waals surface area (Å²) in [4.78, 5) is 13.2. The predicted molar refractivity (Wildman–Crippen MR) is 70.4 cm³/mol. The van der Waals surface area contributed by atoms with E-state index in [9.17, 15) is 4.79 Å². The van der Waals surface area contributed by atoms with Crippen LogP contribution in [0.3, 0.4) is 0 Å². The molecule has 0 amide bonds. The zero-order chi connectivity index (χ0) is 13.3. The van der Waals surface area contributed by atoms with Crippen LogP contribution in [0.15, 0.2) is 18.2 Å². The maximum atomic E-state index is 11.1.